The maximum atomic E-state index is 5.67. The summed E-state index contributed by atoms with van der Waals surface area (Å²) < 4.78 is 0. The second-order valence-corrected chi connectivity index (χ2v) is 4.87. The number of hydrogen-bond donors (Lipinski definition) is 2. The number of aryl methyl sites for hydroxylation is 1. The monoisotopic (exact) mass is 198 g/mol. The molecule has 3 N–H and O–H groups in total. The van der Waals surface area contributed by atoms with Gasteiger partial charge in [0.1, 0.15) is 5.01 Å². The first-order valence-electron chi connectivity index (χ1n) is 4.48. The second kappa shape index (κ2) is 3.23. The normalized spacial score (nSPS) is 18.6. The molecule has 1 heterocycles. The maximum Gasteiger partial charge on any atom is 0.205 e. The van der Waals surface area contributed by atoms with Crippen LogP contribution in [0.1, 0.15) is 17.8 Å². The van der Waals surface area contributed by atoms with Crippen LogP contribution in [-0.2, 0) is 0 Å². The van der Waals surface area contributed by atoms with E-state index in [-0.39, 0.29) is 0 Å². The molecule has 1 saturated carbocycles. The molecule has 0 aromatic carbocycles. The van der Waals surface area contributed by atoms with Crippen molar-refractivity contribution in [3.63, 3.8) is 0 Å². The van der Waals surface area contributed by atoms with Crippen molar-refractivity contribution in [3.8, 4) is 0 Å². The van der Waals surface area contributed by atoms with Crippen molar-refractivity contribution in [1.29, 1.82) is 0 Å². The summed E-state index contributed by atoms with van der Waals surface area (Å²) in [5.41, 5.74) is 6.03. The number of rotatable bonds is 4. The van der Waals surface area contributed by atoms with Crippen LogP contribution in [0.4, 0.5) is 5.13 Å². The van der Waals surface area contributed by atoms with Gasteiger partial charge in [-0.1, -0.05) is 11.3 Å². The fourth-order valence-corrected chi connectivity index (χ4v) is 1.85. The molecule has 0 saturated heterocycles. The van der Waals surface area contributed by atoms with Gasteiger partial charge in [-0.05, 0) is 31.7 Å². The summed E-state index contributed by atoms with van der Waals surface area (Å²) in [7, 11) is 0. The van der Waals surface area contributed by atoms with E-state index in [4.69, 9.17) is 5.73 Å². The van der Waals surface area contributed by atoms with Crippen molar-refractivity contribution in [3.05, 3.63) is 5.01 Å². The van der Waals surface area contributed by atoms with E-state index in [0.29, 0.717) is 5.41 Å². The molecule has 1 aliphatic carbocycles. The summed E-state index contributed by atoms with van der Waals surface area (Å²) in [5.74, 6) is 0. The Morgan fingerprint density at radius 2 is 2.31 bits per heavy atom. The highest BCUT2D eigenvalue weighted by atomic mass is 32.1. The molecule has 0 bridgehead atoms. The first kappa shape index (κ1) is 8.90. The molecule has 0 spiro atoms. The van der Waals surface area contributed by atoms with Crippen molar-refractivity contribution >= 4 is 16.5 Å². The molecule has 0 atom stereocenters. The lowest BCUT2D eigenvalue weighted by atomic mass is 10.1. The van der Waals surface area contributed by atoms with Crippen molar-refractivity contribution < 1.29 is 0 Å². The van der Waals surface area contributed by atoms with Gasteiger partial charge in [-0.3, -0.25) is 0 Å². The lowest BCUT2D eigenvalue weighted by molar-refractivity contribution is 0.555. The Labute approximate surface area is 81.6 Å². The zero-order chi connectivity index (χ0) is 9.31. The van der Waals surface area contributed by atoms with Crippen LogP contribution in [0.3, 0.4) is 0 Å². The molecule has 72 valence electrons. The average Bonchev–Trinajstić information content (AvgIpc) is 2.81. The van der Waals surface area contributed by atoms with Crippen LogP contribution in [0.2, 0.25) is 0 Å². The zero-order valence-corrected chi connectivity index (χ0v) is 8.52. The molecular weight excluding hydrogens is 184 g/mol. The molecule has 4 nitrogen and oxygen atoms in total. The van der Waals surface area contributed by atoms with E-state index >= 15 is 0 Å². The van der Waals surface area contributed by atoms with Crippen LogP contribution < -0.4 is 11.1 Å². The van der Waals surface area contributed by atoms with E-state index in [9.17, 15) is 0 Å². The van der Waals surface area contributed by atoms with Gasteiger partial charge < -0.3 is 11.1 Å². The Balaban J connectivity index is 1.86. The van der Waals surface area contributed by atoms with Crippen LogP contribution >= 0.6 is 11.3 Å². The standard InChI is InChI=1S/C8H14N4S/c1-6-11-12-7(13-6)10-5-8(4-9)2-3-8/h2-5,9H2,1H3,(H,10,12). The van der Waals surface area contributed by atoms with Crippen LogP contribution in [0.25, 0.3) is 0 Å². The third-order valence-corrected chi connectivity index (χ3v) is 3.33. The molecule has 1 aliphatic rings. The summed E-state index contributed by atoms with van der Waals surface area (Å²) in [6, 6.07) is 0. The molecule has 0 aliphatic heterocycles. The fraction of sp³-hybridized carbons (Fsp3) is 0.750. The lowest BCUT2D eigenvalue weighted by Gasteiger charge is -2.11. The summed E-state index contributed by atoms with van der Waals surface area (Å²) in [5, 5.41) is 13.1. The van der Waals surface area contributed by atoms with Gasteiger partial charge in [-0.15, -0.1) is 10.2 Å². The number of nitrogens with two attached hydrogens (primary N) is 1. The van der Waals surface area contributed by atoms with Crippen LogP contribution in [-0.4, -0.2) is 23.3 Å². The molecule has 1 aromatic rings. The van der Waals surface area contributed by atoms with Crippen LogP contribution in [0.15, 0.2) is 0 Å². The minimum Gasteiger partial charge on any atom is -0.359 e. The largest absolute Gasteiger partial charge is 0.359 e. The molecule has 1 fully saturated rings. The molecule has 2 rings (SSSR count). The zero-order valence-electron chi connectivity index (χ0n) is 7.71. The van der Waals surface area contributed by atoms with Gasteiger partial charge in [0.15, 0.2) is 0 Å². The third kappa shape index (κ3) is 1.97. The van der Waals surface area contributed by atoms with Gasteiger partial charge in [0.25, 0.3) is 0 Å². The topological polar surface area (TPSA) is 63.8 Å². The van der Waals surface area contributed by atoms with Crippen LogP contribution in [0, 0.1) is 12.3 Å². The Morgan fingerprint density at radius 3 is 2.77 bits per heavy atom. The van der Waals surface area contributed by atoms with E-state index in [1.807, 2.05) is 6.92 Å². The van der Waals surface area contributed by atoms with E-state index in [1.165, 1.54) is 12.8 Å². The summed E-state index contributed by atoms with van der Waals surface area (Å²) >= 11 is 1.59. The SMILES string of the molecule is Cc1nnc(NCC2(CN)CC2)s1. The number of anilines is 1. The predicted molar refractivity (Wildman–Crippen MR) is 53.9 cm³/mol. The highest BCUT2D eigenvalue weighted by Gasteiger charge is 2.40. The van der Waals surface area contributed by atoms with Gasteiger partial charge in [0, 0.05) is 6.54 Å². The highest BCUT2D eigenvalue weighted by molar-refractivity contribution is 7.15. The van der Waals surface area contributed by atoms with Gasteiger partial charge in [0.2, 0.25) is 5.13 Å². The van der Waals surface area contributed by atoms with Gasteiger partial charge in [0.05, 0.1) is 0 Å². The van der Waals surface area contributed by atoms with E-state index < -0.39 is 0 Å². The number of nitrogens with one attached hydrogen (secondary N) is 1. The number of aromatic nitrogens is 2. The Morgan fingerprint density at radius 1 is 1.54 bits per heavy atom. The molecule has 13 heavy (non-hydrogen) atoms. The Kier molecular flexibility index (Phi) is 2.21. The molecule has 0 amide bonds. The summed E-state index contributed by atoms with van der Waals surface area (Å²) in [6.07, 6.45) is 2.49. The van der Waals surface area contributed by atoms with E-state index in [1.54, 1.807) is 11.3 Å². The second-order valence-electron chi connectivity index (χ2n) is 3.68. The third-order valence-electron chi connectivity index (χ3n) is 2.53. The predicted octanol–water partition coefficient (Wildman–Crippen LogP) is 0.997. The minimum absolute atomic E-state index is 0.361. The molecule has 5 heteroatoms. The number of hydrogen-bond acceptors (Lipinski definition) is 5. The highest BCUT2D eigenvalue weighted by Crippen LogP contribution is 2.44. The Hall–Kier alpha value is -0.680. The molecule has 0 unspecified atom stereocenters. The fourth-order valence-electron chi connectivity index (χ4n) is 1.26. The maximum absolute atomic E-state index is 5.67. The van der Waals surface area contributed by atoms with Crippen LogP contribution in [0.5, 0.6) is 0 Å². The van der Waals surface area contributed by atoms with Crippen molar-refractivity contribution in [2.75, 3.05) is 18.4 Å². The quantitative estimate of drug-likeness (QED) is 0.757. The van der Waals surface area contributed by atoms with Crippen molar-refractivity contribution in [2.24, 2.45) is 11.1 Å². The first-order chi connectivity index (χ1) is 6.24. The van der Waals surface area contributed by atoms with E-state index in [2.05, 4.69) is 15.5 Å². The van der Waals surface area contributed by atoms with Crippen molar-refractivity contribution in [2.45, 2.75) is 19.8 Å². The van der Waals surface area contributed by atoms with Gasteiger partial charge in [-0.2, -0.15) is 0 Å². The molecule has 1 aromatic heterocycles. The molecular formula is C8H14N4S. The minimum atomic E-state index is 0.361. The van der Waals surface area contributed by atoms with Gasteiger partial charge in [-0.25, -0.2) is 0 Å². The Bertz CT molecular complexity index is 292. The van der Waals surface area contributed by atoms with Gasteiger partial charge >= 0.3 is 0 Å². The first-order valence-corrected chi connectivity index (χ1v) is 5.30. The smallest absolute Gasteiger partial charge is 0.205 e. The summed E-state index contributed by atoms with van der Waals surface area (Å²) in [4.78, 5) is 0. The average molecular weight is 198 g/mol. The lowest BCUT2D eigenvalue weighted by Crippen LogP contribution is -2.24. The molecule has 0 radical (unpaired) electrons. The summed E-state index contributed by atoms with van der Waals surface area (Å²) in [6.45, 7) is 3.68. The number of nitrogens with zero attached hydrogens (tertiary/aromatic N) is 2. The van der Waals surface area contributed by atoms with Crippen molar-refractivity contribution in [1.82, 2.24) is 10.2 Å². The van der Waals surface area contributed by atoms with E-state index in [0.717, 1.165) is 23.2 Å².